The minimum Gasteiger partial charge on any atom is -0.486 e. The average molecular weight is 296 g/mol. The van der Waals surface area contributed by atoms with E-state index in [4.69, 9.17) is 9.47 Å². The second kappa shape index (κ2) is 5.97. The quantitative estimate of drug-likeness (QED) is 0.944. The predicted octanol–water partition coefficient (Wildman–Crippen LogP) is 2.37. The molecule has 1 aromatic heterocycles. The summed E-state index contributed by atoms with van der Waals surface area (Å²) in [5, 5.41) is 3.62. The highest BCUT2D eigenvalue weighted by Gasteiger charge is 2.23. The van der Waals surface area contributed by atoms with Gasteiger partial charge in [-0.15, -0.1) is 0 Å². The van der Waals surface area contributed by atoms with Crippen molar-refractivity contribution in [2.75, 3.05) is 13.2 Å². The van der Waals surface area contributed by atoms with Gasteiger partial charge in [0, 0.05) is 30.9 Å². The fourth-order valence-corrected chi connectivity index (χ4v) is 3.18. The molecule has 2 aromatic rings. The first kappa shape index (κ1) is 13.6. The predicted molar refractivity (Wildman–Crippen MR) is 84.4 cm³/mol. The number of aryl methyl sites for hydroxylation is 1. The number of benzene rings is 1. The van der Waals surface area contributed by atoms with Gasteiger partial charge in [0.2, 0.25) is 0 Å². The molecule has 0 bridgehead atoms. The van der Waals surface area contributed by atoms with Crippen LogP contribution < -0.4 is 14.8 Å². The molecule has 114 valence electrons. The van der Waals surface area contributed by atoms with Crippen LogP contribution in [-0.2, 0) is 12.8 Å². The second-order valence-corrected chi connectivity index (χ2v) is 5.95. The number of nitrogens with zero attached hydrogens (tertiary/aromatic N) is 1. The smallest absolute Gasteiger partial charge is 0.161 e. The van der Waals surface area contributed by atoms with Gasteiger partial charge in [0.15, 0.2) is 11.5 Å². The Bertz CT molecular complexity index is 602. The number of nitrogens with one attached hydrogen (secondary N) is 1. The first-order valence-corrected chi connectivity index (χ1v) is 7.93. The number of hydrogen-bond acceptors (Lipinski definition) is 4. The molecule has 2 unspecified atom stereocenters. The van der Waals surface area contributed by atoms with Gasteiger partial charge in [-0.3, -0.25) is 4.98 Å². The maximum Gasteiger partial charge on any atom is 0.161 e. The Morgan fingerprint density at radius 1 is 1.14 bits per heavy atom. The summed E-state index contributed by atoms with van der Waals surface area (Å²) in [4.78, 5) is 4.50. The third kappa shape index (κ3) is 2.79. The molecule has 0 amide bonds. The topological polar surface area (TPSA) is 43.4 Å². The lowest BCUT2D eigenvalue weighted by molar-refractivity contribution is 0.0876. The lowest BCUT2D eigenvalue weighted by atomic mass is 9.92. The summed E-state index contributed by atoms with van der Waals surface area (Å²) in [5.41, 5.74) is 2.63. The van der Waals surface area contributed by atoms with Crippen LogP contribution in [0.3, 0.4) is 0 Å². The van der Waals surface area contributed by atoms with E-state index in [1.165, 1.54) is 11.3 Å². The molecule has 0 saturated heterocycles. The van der Waals surface area contributed by atoms with Crippen LogP contribution in [0.1, 0.15) is 17.7 Å². The van der Waals surface area contributed by atoms with Gasteiger partial charge in [0.25, 0.3) is 0 Å². The third-order valence-corrected chi connectivity index (χ3v) is 4.39. The van der Waals surface area contributed by atoms with E-state index in [9.17, 15) is 0 Å². The minimum absolute atomic E-state index is 0.0695. The molecule has 4 heteroatoms. The normalized spacial score (nSPS) is 22.9. The van der Waals surface area contributed by atoms with Crippen LogP contribution in [0.4, 0.5) is 0 Å². The molecular weight excluding hydrogens is 276 g/mol. The summed E-state index contributed by atoms with van der Waals surface area (Å²) in [6.45, 7) is 1.41. The molecule has 22 heavy (non-hydrogen) atoms. The molecule has 1 aliphatic heterocycles. The summed E-state index contributed by atoms with van der Waals surface area (Å²) in [5.74, 6) is 1.69. The lowest BCUT2D eigenvalue weighted by Crippen LogP contribution is -2.44. The molecule has 1 aliphatic carbocycles. The maximum absolute atomic E-state index is 5.99. The Hall–Kier alpha value is -2.07. The van der Waals surface area contributed by atoms with Crippen molar-refractivity contribution in [2.24, 2.45) is 0 Å². The number of fused-ring (bicyclic) bond motifs is 2. The average Bonchev–Trinajstić information content (AvgIpc) is 2.59. The van der Waals surface area contributed by atoms with E-state index in [1.807, 2.05) is 36.5 Å². The van der Waals surface area contributed by atoms with Crippen molar-refractivity contribution in [2.45, 2.75) is 31.4 Å². The molecule has 4 nitrogen and oxygen atoms in total. The van der Waals surface area contributed by atoms with Crippen molar-refractivity contribution >= 4 is 0 Å². The van der Waals surface area contributed by atoms with Crippen LogP contribution in [0.15, 0.2) is 42.6 Å². The zero-order chi connectivity index (χ0) is 14.8. The number of rotatable bonds is 3. The molecule has 4 rings (SSSR count). The molecule has 0 saturated carbocycles. The van der Waals surface area contributed by atoms with Crippen LogP contribution in [0.25, 0.3) is 0 Å². The zero-order valence-corrected chi connectivity index (χ0v) is 12.5. The Morgan fingerprint density at radius 3 is 3.00 bits per heavy atom. The highest BCUT2D eigenvalue weighted by atomic mass is 16.6. The fourth-order valence-electron chi connectivity index (χ4n) is 3.18. The first-order valence-electron chi connectivity index (χ1n) is 7.93. The lowest BCUT2D eigenvalue weighted by Gasteiger charge is -2.30. The van der Waals surface area contributed by atoms with Crippen molar-refractivity contribution in [1.29, 1.82) is 0 Å². The molecule has 1 N–H and O–H groups in total. The van der Waals surface area contributed by atoms with E-state index in [0.29, 0.717) is 12.6 Å². The second-order valence-electron chi connectivity index (χ2n) is 5.95. The standard InChI is InChI=1S/C18H20N2O2/c1-2-6-18-17(5-1)21-12-15(22-18)11-20-14-8-7-13-4-3-9-19-16(13)10-14/h1-6,9,14-15,20H,7-8,10-12H2. The van der Waals surface area contributed by atoms with Crippen molar-refractivity contribution in [3.8, 4) is 11.5 Å². The van der Waals surface area contributed by atoms with Gasteiger partial charge in [0.05, 0.1) is 0 Å². The maximum atomic E-state index is 5.99. The van der Waals surface area contributed by atoms with E-state index in [0.717, 1.165) is 37.3 Å². The molecule has 0 fully saturated rings. The molecule has 2 atom stereocenters. The summed E-state index contributed by atoms with van der Waals surface area (Å²) < 4.78 is 11.7. The van der Waals surface area contributed by atoms with E-state index in [2.05, 4.69) is 16.4 Å². The van der Waals surface area contributed by atoms with Crippen molar-refractivity contribution < 1.29 is 9.47 Å². The van der Waals surface area contributed by atoms with Crippen LogP contribution >= 0.6 is 0 Å². The van der Waals surface area contributed by atoms with Gasteiger partial charge in [-0.05, 0) is 36.6 Å². The molecule has 0 radical (unpaired) electrons. The van der Waals surface area contributed by atoms with E-state index < -0.39 is 0 Å². The number of pyridine rings is 1. The van der Waals surface area contributed by atoms with Crippen molar-refractivity contribution in [3.63, 3.8) is 0 Å². The van der Waals surface area contributed by atoms with Gasteiger partial charge < -0.3 is 14.8 Å². The van der Waals surface area contributed by atoms with E-state index >= 15 is 0 Å². The molecule has 2 heterocycles. The van der Waals surface area contributed by atoms with Gasteiger partial charge in [-0.2, -0.15) is 0 Å². The van der Waals surface area contributed by atoms with Crippen molar-refractivity contribution in [3.05, 3.63) is 53.9 Å². The number of aromatic nitrogens is 1. The first-order chi connectivity index (χ1) is 10.9. The summed E-state index contributed by atoms with van der Waals surface area (Å²) >= 11 is 0. The highest BCUT2D eigenvalue weighted by molar-refractivity contribution is 5.40. The van der Waals surface area contributed by atoms with Gasteiger partial charge in [-0.1, -0.05) is 18.2 Å². The Balaban J connectivity index is 1.33. The molecule has 1 aromatic carbocycles. The van der Waals surface area contributed by atoms with Crippen LogP contribution in [0, 0.1) is 0 Å². The molecule has 2 aliphatic rings. The zero-order valence-electron chi connectivity index (χ0n) is 12.5. The van der Waals surface area contributed by atoms with Crippen LogP contribution in [-0.4, -0.2) is 30.3 Å². The monoisotopic (exact) mass is 296 g/mol. The molecule has 0 spiro atoms. The number of hydrogen-bond donors (Lipinski definition) is 1. The fraction of sp³-hybridized carbons (Fsp3) is 0.389. The summed E-state index contributed by atoms with van der Waals surface area (Å²) in [6.07, 6.45) is 5.21. The van der Waals surface area contributed by atoms with Gasteiger partial charge >= 0.3 is 0 Å². The number of para-hydroxylation sites is 2. The minimum atomic E-state index is 0.0695. The van der Waals surface area contributed by atoms with E-state index in [1.54, 1.807) is 0 Å². The largest absolute Gasteiger partial charge is 0.486 e. The van der Waals surface area contributed by atoms with Crippen molar-refractivity contribution in [1.82, 2.24) is 10.3 Å². The summed E-state index contributed by atoms with van der Waals surface area (Å²) in [7, 11) is 0. The molecular formula is C18H20N2O2. The Morgan fingerprint density at radius 2 is 2.05 bits per heavy atom. The Kier molecular flexibility index (Phi) is 3.69. The van der Waals surface area contributed by atoms with Gasteiger partial charge in [0.1, 0.15) is 12.7 Å². The SMILES string of the molecule is c1cnc2c(c1)CCC(NCC1COc3ccccc3O1)C2. The summed E-state index contributed by atoms with van der Waals surface area (Å²) in [6, 6.07) is 12.5. The van der Waals surface area contributed by atoms with Gasteiger partial charge in [-0.25, -0.2) is 0 Å². The highest BCUT2D eigenvalue weighted by Crippen LogP contribution is 2.30. The van der Waals surface area contributed by atoms with Crippen LogP contribution in [0.2, 0.25) is 0 Å². The van der Waals surface area contributed by atoms with Crippen LogP contribution in [0.5, 0.6) is 11.5 Å². The Labute approximate surface area is 130 Å². The third-order valence-electron chi connectivity index (χ3n) is 4.39. The van der Waals surface area contributed by atoms with E-state index in [-0.39, 0.29) is 6.10 Å². The number of ether oxygens (including phenoxy) is 2.